The first-order valence-electron chi connectivity index (χ1n) is 5.57. The molecule has 0 saturated heterocycles. The number of benzene rings is 2. The summed E-state index contributed by atoms with van der Waals surface area (Å²) in [6.07, 6.45) is 0. The molecule has 0 spiro atoms. The van der Waals surface area contributed by atoms with E-state index in [0.29, 0.717) is 17.9 Å². The number of hydrogen-bond donors (Lipinski definition) is 3. The molecule has 4 nitrogen and oxygen atoms in total. The topological polar surface area (TPSA) is 75.3 Å². The van der Waals surface area contributed by atoms with Crippen LogP contribution in [-0.4, -0.2) is 11.1 Å². The summed E-state index contributed by atoms with van der Waals surface area (Å²) in [6, 6.07) is 14.6. The van der Waals surface area contributed by atoms with E-state index in [9.17, 15) is 4.79 Å². The molecule has 0 fully saturated rings. The third kappa shape index (κ3) is 3.01. The second-order valence-electron chi connectivity index (χ2n) is 3.99. The summed E-state index contributed by atoms with van der Waals surface area (Å²) in [6.45, 7) is 0.628. The molecule has 0 aliphatic heterocycles. The van der Waals surface area contributed by atoms with Crippen molar-refractivity contribution in [1.29, 1.82) is 0 Å². The van der Waals surface area contributed by atoms with Crippen molar-refractivity contribution < 1.29 is 9.90 Å². The van der Waals surface area contributed by atoms with E-state index in [4.69, 9.17) is 10.8 Å². The number of nitrogens with one attached hydrogen (secondary N) is 1. The largest absolute Gasteiger partial charge is 0.478 e. The number of carboxylic acid groups (broad SMARTS) is 1. The molecule has 2 aromatic carbocycles. The standard InChI is InChI=1S/C14H14N2O2/c15-12-6-11(14(17)18)7-13(8-12)16-9-10-4-2-1-3-5-10/h1-8,16H,9,15H2,(H,17,18). The smallest absolute Gasteiger partial charge is 0.335 e. The van der Waals surface area contributed by atoms with Crippen LogP contribution in [0.4, 0.5) is 11.4 Å². The van der Waals surface area contributed by atoms with E-state index in [1.54, 1.807) is 12.1 Å². The van der Waals surface area contributed by atoms with Gasteiger partial charge >= 0.3 is 5.97 Å². The Bertz CT molecular complexity index is 553. The average molecular weight is 242 g/mol. The molecule has 0 heterocycles. The molecule has 2 aromatic rings. The van der Waals surface area contributed by atoms with Gasteiger partial charge in [-0.3, -0.25) is 0 Å². The lowest BCUT2D eigenvalue weighted by molar-refractivity contribution is 0.0697. The van der Waals surface area contributed by atoms with Crippen molar-refractivity contribution in [2.24, 2.45) is 0 Å². The fourth-order valence-electron chi connectivity index (χ4n) is 1.68. The highest BCUT2D eigenvalue weighted by molar-refractivity contribution is 5.90. The van der Waals surface area contributed by atoms with Gasteiger partial charge in [-0.2, -0.15) is 0 Å². The first-order chi connectivity index (χ1) is 8.65. The van der Waals surface area contributed by atoms with Crippen LogP contribution in [0.5, 0.6) is 0 Å². The second-order valence-corrected chi connectivity index (χ2v) is 3.99. The number of anilines is 2. The molecule has 92 valence electrons. The number of carbonyl (C=O) groups is 1. The zero-order valence-electron chi connectivity index (χ0n) is 9.76. The normalized spacial score (nSPS) is 10.0. The predicted octanol–water partition coefficient (Wildman–Crippen LogP) is 2.58. The maximum absolute atomic E-state index is 10.9. The molecule has 0 atom stereocenters. The maximum atomic E-state index is 10.9. The molecule has 2 rings (SSSR count). The van der Waals surface area contributed by atoms with Gasteiger partial charge in [-0.1, -0.05) is 30.3 Å². The van der Waals surface area contributed by atoms with Crippen LogP contribution >= 0.6 is 0 Å². The molecule has 4 heteroatoms. The van der Waals surface area contributed by atoms with Crippen molar-refractivity contribution >= 4 is 17.3 Å². The third-order valence-corrected chi connectivity index (χ3v) is 2.54. The minimum Gasteiger partial charge on any atom is -0.478 e. The quantitative estimate of drug-likeness (QED) is 0.720. The zero-order chi connectivity index (χ0) is 13.0. The number of rotatable bonds is 4. The third-order valence-electron chi connectivity index (χ3n) is 2.54. The Morgan fingerprint density at radius 1 is 1.17 bits per heavy atom. The average Bonchev–Trinajstić information content (AvgIpc) is 2.37. The number of nitrogens with two attached hydrogens (primary N) is 1. The van der Waals surface area contributed by atoms with Gasteiger partial charge in [0.05, 0.1) is 5.56 Å². The molecule has 0 aromatic heterocycles. The number of nitrogen functional groups attached to an aromatic ring is 1. The SMILES string of the molecule is Nc1cc(NCc2ccccc2)cc(C(=O)O)c1. The highest BCUT2D eigenvalue weighted by Gasteiger charge is 2.05. The van der Waals surface area contributed by atoms with Crippen molar-refractivity contribution in [2.75, 3.05) is 11.1 Å². The van der Waals surface area contributed by atoms with E-state index >= 15 is 0 Å². The van der Waals surface area contributed by atoms with Gasteiger partial charge < -0.3 is 16.2 Å². The minimum atomic E-state index is -0.981. The van der Waals surface area contributed by atoms with Crippen LogP contribution < -0.4 is 11.1 Å². The van der Waals surface area contributed by atoms with Gasteiger partial charge in [0.15, 0.2) is 0 Å². The van der Waals surface area contributed by atoms with Crippen LogP contribution in [-0.2, 0) is 6.54 Å². The molecule has 4 N–H and O–H groups in total. The number of aromatic carboxylic acids is 1. The minimum absolute atomic E-state index is 0.186. The van der Waals surface area contributed by atoms with Crippen LogP contribution in [0.25, 0.3) is 0 Å². The summed E-state index contributed by atoms with van der Waals surface area (Å²) in [4.78, 5) is 10.9. The summed E-state index contributed by atoms with van der Waals surface area (Å²) in [5, 5.41) is 12.1. The van der Waals surface area contributed by atoms with Crippen LogP contribution in [0.3, 0.4) is 0 Å². The Morgan fingerprint density at radius 3 is 2.56 bits per heavy atom. The van der Waals surface area contributed by atoms with Gasteiger partial charge in [0, 0.05) is 17.9 Å². The molecular formula is C14H14N2O2. The molecule has 0 aliphatic carbocycles. The van der Waals surface area contributed by atoms with Crippen LogP contribution in [0.1, 0.15) is 15.9 Å². The van der Waals surface area contributed by atoms with Crippen LogP contribution in [0, 0.1) is 0 Å². The summed E-state index contributed by atoms with van der Waals surface area (Å²) >= 11 is 0. The Morgan fingerprint density at radius 2 is 1.89 bits per heavy atom. The van der Waals surface area contributed by atoms with E-state index in [1.165, 1.54) is 6.07 Å². The summed E-state index contributed by atoms with van der Waals surface area (Å²) in [5.41, 5.74) is 8.11. The molecule has 0 aliphatic rings. The van der Waals surface area contributed by atoms with Crippen molar-refractivity contribution in [1.82, 2.24) is 0 Å². The molecule has 18 heavy (non-hydrogen) atoms. The maximum Gasteiger partial charge on any atom is 0.335 e. The highest BCUT2D eigenvalue weighted by atomic mass is 16.4. The second kappa shape index (κ2) is 5.23. The van der Waals surface area contributed by atoms with E-state index in [2.05, 4.69) is 5.32 Å². The summed E-state index contributed by atoms with van der Waals surface area (Å²) < 4.78 is 0. The van der Waals surface area contributed by atoms with Crippen molar-refractivity contribution in [3.05, 3.63) is 59.7 Å². The number of carboxylic acids is 1. The van der Waals surface area contributed by atoms with E-state index in [1.807, 2.05) is 30.3 Å². The van der Waals surface area contributed by atoms with Crippen LogP contribution in [0.15, 0.2) is 48.5 Å². The Kier molecular flexibility index (Phi) is 3.48. The van der Waals surface area contributed by atoms with E-state index < -0.39 is 5.97 Å². The Balaban J connectivity index is 2.12. The van der Waals surface area contributed by atoms with Gasteiger partial charge in [0.2, 0.25) is 0 Å². The van der Waals surface area contributed by atoms with Gasteiger partial charge in [-0.15, -0.1) is 0 Å². The van der Waals surface area contributed by atoms with Gasteiger partial charge in [-0.05, 0) is 23.8 Å². The lowest BCUT2D eigenvalue weighted by Crippen LogP contribution is -2.03. The molecule has 0 bridgehead atoms. The van der Waals surface area contributed by atoms with Gasteiger partial charge in [0.1, 0.15) is 0 Å². The van der Waals surface area contributed by atoms with Crippen LogP contribution in [0.2, 0.25) is 0 Å². The van der Waals surface area contributed by atoms with E-state index in [-0.39, 0.29) is 5.56 Å². The first kappa shape index (κ1) is 12.0. The zero-order valence-corrected chi connectivity index (χ0v) is 9.76. The monoisotopic (exact) mass is 242 g/mol. The first-order valence-corrected chi connectivity index (χ1v) is 5.57. The van der Waals surface area contributed by atoms with E-state index in [0.717, 1.165) is 5.56 Å². The fourth-order valence-corrected chi connectivity index (χ4v) is 1.68. The van der Waals surface area contributed by atoms with Gasteiger partial charge in [-0.25, -0.2) is 4.79 Å². The van der Waals surface area contributed by atoms with Gasteiger partial charge in [0.25, 0.3) is 0 Å². The van der Waals surface area contributed by atoms with Crippen molar-refractivity contribution in [3.8, 4) is 0 Å². The summed E-state index contributed by atoms with van der Waals surface area (Å²) in [7, 11) is 0. The Labute approximate surface area is 105 Å². The lowest BCUT2D eigenvalue weighted by Gasteiger charge is -2.08. The van der Waals surface area contributed by atoms with Crippen molar-refractivity contribution in [3.63, 3.8) is 0 Å². The fraction of sp³-hybridized carbons (Fsp3) is 0.0714. The molecular weight excluding hydrogens is 228 g/mol. The molecule has 0 amide bonds. The summed E-state index contributed by atoms with van der Waals surface area (Å²) in [5.74, 6) is -0.981. The predicted molar refractivity (Wildman–Crippen MR) is 71.6 cm³/mol. The highest BCUT2D eigenvalue weighted by Crippen LogP contribution is 2.17. The molecule has 0 unspecified atom stereocenters. The molecule has 0 saturated carbocycles. The Hall–Kier alpha value is -2.49. The molecule has 0 radical (unpaired) electrons. The lowest BCUT2D eigenvalue weighted by atomic mass is 10.1. The number of hydrogen-bond acceptors (Lipinski definition) is 3. The van der Waals surface area contributed by atoms with Crippen molar-refractivity contribution in [2.45, 2.75) is 6.54 Å².